The smallest absolute Gasteiger partial charge is 0.374 e. The molecule has 2 heterocycles. The predicted molar refractivity (Wildman–Crippen MR) is 87.1 cm³/mol. The highest BCUT2D eigenvalue weighted by atomic mass is 16.5. The van der Waals surface area contributed by atoms with Gasteiger partial charge >= 0.3 is 5.97 Å². The monoisotopic (exact) mass is 314 g/mol. The Morgan fingerprint density at radius 1 is 1.26 bits per heavy atom. The molecule has 1 fully saturated rings. The topological polar surface area (TPSA) is 68.7 Å². The van der Waals surface area contributed by atoms with Gasteiger partial charge in [-0.05, 0) is 24.6 Å². The summed E-state index contributed by atoms with van der Waals surface area (Å²) in [5.41, 5.74) is 7.57. The van der Waals surface area contributed by atoms with Gasteiger partial charge in [-0.15, -0.1) is 0 Å². The van der Waals surface area contributed by atoms with Gasteiger partial charge in [0.2, 0.25) is 5.76 Å². The fraction of sp³-hybridized carbons (Fsp3) is 0.389. The molecule has 0 saturated carbocycles. The van der Waals surface area contributed by atoms with Gasteiger partial charge in [-0.2, -0.15) is 0 Å². The lowest BCUT2D eigenvalue weighted by molar-refractivity contribution is 0.0486. The molecule has 1 aliphatic heterocycles. The summed E-state index contributed by atoms with van der Waals surface area (Å²) in [5, 5.41) is 0. The summed E-state index contributed by atoms with van der Waals surface area (Å²) >= 11 is 0. The van der Waals surface area contributed by atoms with Crippen LogP contribution in [0.5, 0.6) is 0 Å². The largest absolute Gasteiger partial charge is 0.460 e. The summed E-state index contributed by atoms with van der Waals surface area (Å²) in [6.07, 6.45) is 0. The Bertz CT molecular complexity index is 653. The van der Waals surface area contributed by atoms with E-state index >= 15 is 0 Å². The fourth-order valence-corrected chi connectivity index (χ4v) is 3.09. The normalized spacial score (nSPS) is 21.5. The maximum atomic E-state index is 11.6. The molecule has 5 heteroatoms. The number of nitrogens with two attached hydrogens (primary N) is 1. The number of carbonyl (C=O) groups is 1. The van der Waals surface area contributed by atoms with Crippen LogP contribution in [-0.4, -0.2) is 36.6 Å². The number of benzene rings is 1. The minimum absolute atomic E-state index is 0.108. The first kappa shape index (κ1) is 15.8. The average Bonchev–Trinajstić information content (AvgIpc) is 3.16. The van der Waals surface area contributed by atoms with E-state index < -0.39 is 5.97 Å². The summed E-state index contributed by atoms with van der Waals surface area (Å²) in [5.74, 6) is 0.925. The van der Waals surface area contributed by atoms with E-state index in [9.17, 15) is 4.79 Å². The molecule has 23 heavy (non-hydrogen) atoms. The van der Waals surface area contributed by atoms with E-state index in [4.69, 9.17) is 14.9 Å². The Labute approximate surface area is 136 Å². The maximum Gasteiger partial charge on any atom is 0.374 e. The van der Waals surface area contributed by atoms with Crippen molar-refractivity contribution in [2.45, 2.75) is 25.4 Å². The first-order chi connectivity index (χ1) is 11.2. The van der Waals surface area contributed by atoms with Crippen molar-refractivity contribution < 1.29 is 13.9 Å². The maximum absolute atomic E-state index is 11.6. The number of esters is 1. The van der Waals surface area contributed by atoms with Gasteiger partial charge in [-0.3, -0.25) is 4.90 Å². The van der Waals surface area contributed by atoms with E-state index in [1.54, 1.807) is 13.0 Å². The highest BCUT2D eigenvalue weighted by Crippen LogP contribution is 2.27. The lowest BCUT2D eigenvalue weighted by Gasteiger charge is -2.15. The Hall–Kier alpha value is -2.11. The number of ether oxygens (including phenoxy) is 1. The molecule has 0 amide bonds. The molecule has 0 aliphatic carbocycles. The lowest BCUT2D eigenvalue weighted by Crippen LogP contribution is -2.28. The van der Waals surface area contributed by atoms with Crippen LogP contribution in [0.3, 0.4) is 0 Å². The number of nitrogens with zero attached hydrogens (tertiary/aromatic N) is 1. The van der Waals surface area contributed by atoms with Crippen LogP contribution >= 0.6 is 0 Å². The van der Waals surface area contributed by atoms with Gasteiger partial charge in [-0.1, -0.05) is 30.3 Å². The van der Waals surface area contributed by atoms with Crippen molar-refractivity contribution in [2.24, 2.45) is 5.73 Å². The van der Waals surface area contributed by atoms with Crippen molar-refractivity contribution >= 4 is 5.97 Å². The second-order valence-corrected chi connectivity index (χ2v) is 5.86. The third-order valence-electron chi connectivity index (χ3n) is 4.19. The van der Waals surface area contributed by atoms with E-state index in [-0.39, 0.29) is 11.8 Å². The Balaban J connectivity index is 1.62. The van der Waals surface area contributed by atoms with E-state index in [1.165, 1.54) is 5.56 Å². The predicted octanol–water partition coefficient (Wildman–Crippen LogP) is 2.38. The zero-order chi connectivity index (χ0) is 16.2. The molecule has 0 unspecified atom stereocenters. The standard InChI is InChI=1S/C18H22N2O3/c1-2-22-18(21)17-9-8-14(23-17)10-20-11-15(16(19)12-20)13-6-4-3-5-7-13/h3-9,15-16H,2,10-12,19H2,1H3/t15-,16+/m0/s1. The highest BCUT2D eigenvalue weighted by Gasteiger charge is 2.31. The molecular weight excluding hydrogens is 292 g/mol. The molecule has 1 aliphatic rings. The van der Waals surface area contributed by atoms with Crippen LogP contribution in [0.15, 0.2) is 46.9 Å². The molecule has 2 aromatic rings. The third-order valence-corrected chi connectivity index (χ3v) is 4.19. The number of carbonyl (C=O) groups excluding carboxylic acids is 1. The van der Waals surface area contributed by atoms with Gasteiger partial charge < -0.3 is 14.9 Å². The first-order valence-electron chi connectivity index (χ1n) is 7.96. The average molecular weight is 314 g/mol. The molecule has 5 nitrogen and oxygen atoms in total. The van der Waals surface area contributed by atoms with Crippen LogP contribution in [-0.2, 0) is 11.3 Å². The molecule has 122 valence electrons. The summed E-state index contributed by atoms with van der Waals surface area (Å²) in [6.45, 7) is 4.47. The molecule has 0 bridgehead atoms. The first-order valence-corrected chi connectivity index (χ1v) is 7.96. The van der Waals surface area contributed by atoms with E-state index in [0.717, 1.165) is 18.8 Å². The molecule has 0 spiro atoms. The molecule has 2 N–H and O–H groups in total. The lowest BCUT2D eigenvalue weighted by atomic mass is 9.95. The zero-order valence-electron chi connectivity index (χ0n) is 13.3. The van der Waals surface area contributed by atoms with Gasteiger partial charge in [0.1, 0.15) is 5.76 Å². The Morgan fingerprint density at radius 3 is 2.78 bits per heavy atom. The van der Waals surface area contributed by atoms with Crippen molar-refractivity contribution in [3.05, 3.63) is 59.5 Å². The van der Waals surface area contributed by atoms with Gasteiger partial charge in [0.15, 0.2) is 0 Å². The van der Waals surface area contributed by atoms with Crippen LogP contribution in [0, 0.1) is 0 Å². The number of hydrogen-bond acceptors (Lipinski definition) is 5. The Morgan fingerprint density at radius 2 is 2.04 bits per heavy atom. The zero-order valence-corrected chi connectivity index (χ0v) is 13.3. The Kier molecular flexibility index (Phi) is 4.79. The number of likely N-dealkylation sites (tertiary alicyclic amines) is 1. The molecular formula is C18H22N2O3. The SMILES string of the molecule is CCOC(=O)c1ccc(CN2C[C@@H](N)[C@H](c3ccccc3)C2)o1. The van der Waals surface area contributed by atoms with Gasteiger partial charge in [0, 0.05) is 25.0 Å². The van der Waals surface area contributed by atoms with Gasteiger partial charge in [-0.25, -0.2) is 4.79 Å². The molecule has 1 saturated heterocycles. The molecule has 1 aromatic heterocycles. The van der Waals surface area contributed by atoms with Crippen molar-refractivity contribution in [3.8, 4) is 0 Å². The fourth-order valence-electron chi connectivity index (χ4n) is 3.09. The molecule has 1 aromatic carbocycles. The second kappa shape index (κ2) is 6.98. The van der Waals surface area contributed by atoms with Crippen molar-refractivity contribution in [1.29, 1.82) is 0 Å². The molecule has 2 atom stereocenters. The quantitative estimate of drug-likeness (QED) is 0.858. The van der Waals surface area contributed by atoms with Crippen molar-refractivity contribution in [2.75, 3.05) is 19.7 Å². The van der Waals surface area contributed by atoms with Crippen LogP contribution in [0.1, 0.15) is 34.7 Å². The van der Waals surface area contributed by atoms with E-state index in [2.05, 4.69) is 17.0 Å². The van der Waals surface area contributed by atoms with Crippen molar-refractivity contribution in [3.63, 3.8) is 0 Å². The minimum atomic E-state index is -0.418. The summed E-state index contributed by atoms with van der Waals surface area (Å²) < 4.78 is 10.5. The summed E-state index contributed by atoms with van der Waals surface area (Å²) in [7, 11) is 0. The highest BCUT2D eigenvalue weighted by molar-refractivity contribution is 5.86. The van der Waals surface area contributed by atoms with Crippen LogP contribution in [0.4, 0.5) is 0 Å². The van der Waals surface area contributed by atoms with Gasteiger partial charge in [0.25, 0.3) is 0 Å². The van der Waals surface area contributed by atoms with Crippen molar-refractivity contribution in [1.82, 2.24) is 4.90 Å². The number of furan rings is 1. The third kappa shape index (κ3) is 3.63. The van der Waals surface area contributed by atoms with Crippen LogP contribution in [0.25, 0.3) is 0 Å². The summed E-state index contributed by atoms with van der Waals surface area (Å²) in [4.78, 5) is 13.9. The van der Waals surface area contributed by atoms with Gasteiger partial charge in [0.05, 0.1) is 13.2 Å². The van der Waals surface area contributed by atoms with Crippen LogP contribution < -0.4 is 5.73 Å². The van der Waals surface area contributed by atoms with E-state index in [0.29, 0.717) is 19.1 Å². The number of rotatable bonds is 5. The van der Waals surface area contributed by atoms with E-state index in [1.807, 2.05) is 24.3 Å². The van der Waals surface area contributed by atoms with Crippen LogP contribution in [0.2, 0.25) is 0 Å². The number of hydrogen-bond donors (Lipinski definition) is 1. The molecule has 3 rings (SSSR count). The summed E-state index contributed by atoms with van der Waals surface area (Å²) in [6, 6.07) is 14.0. The molecule has 0 radical (unpaired) electrons. The minimum Gasteiger partial charge on any atom is -0.460 e. The second-order valence-electron chi connectivity index (χ2n) is 5.86.